The van der Waals surface area contributed by atoms with Crippen LogP contribution in [-0.4, -0.2) is 0 Å². The van der Waals surface area contributed by atoms with Gasteiger partial charge in [-0.05, 0) is 47.9 Å². The topological polar surface area (TPSA) is 26.0 Å². The first-order valence-electron chi connectivity index (χ1n) is 5.56. The number of aryl methyl sites for hydroxylation is 1. The van der Waals surface area contributed by atoms with Crippen LogP contribution in [0, 0.1) is 12.7 Å². The van der Waals surface area contributed by atoms with E-state index in [0.717, 1.165) is 5.56 Å². The molecular formula is C14H11Cl3FN. The molecule has 0 saturated heterocycles. The smallest absolute Gasteiger partial charge is 0.127 e. The van der Waals surface area contributed by atoms with E-state index in [2.05, 4.69) is 0 Å². The third-order valence-corrected chi connectivity index (χ3v) is 3.98. The lowest BCUT2D eigenvalue weighted by atomic mass is 9.98. The molecule has 0 saturated carbocycles. The zero-order chi connectivity index (χ0) is 14.2. The molecular weight excluding hydrogens is 308 g/mol. The molecule has 0 aliphatic heterocycles. The summed E-state index contributed by atoms with van der Waals surface area (Å²) in [5.41, 5.74) is 8.06. The first-order valence-corrected chi connectivity index (χ1v) is 6.69. The molecule has 2 rings (SSSR count). The van der Waals surface area contributed by atoms with E-state index in [9.17, 15) is 4.39 Å². The van der Waals surface area contributed by atoms with Gasteiger partial charge in [-0.1, -0.05) is 40.9 Å². The molecule has 2 aromatic rings. The fourth-order valence-electron chi connectivity index (χ4n) is 1.80. The summed E-state index contributed by atoms with van der Waals surface area (Å²) < 4.78 is 13.4. The maximum atomic E-state index is 13.4. The van der Waals surface area contributed by atoms with Crippen molar-refractivity contribution in [3.8, 4) is 0 Å². The monoisotopic (exact) mass is 317 g/mol. The number of hydrogen-bond acceptors (Lipinski definition) is 1. The highest BCUT2D eigenvalue weighted by Crippen LogP contribution is 2.31. The molecule has 2 N–H and O–H groups in total. The van der Waals surface area contributed by atoms with Crippen LogP contribution >= 0.6 is 34.8 Å². The van der Waals surface area contributed by atoms with Crippen molar-refractivity contribution in [2.45, 2.75) is 13.0 Å². The number of rotatable bonds is 2. The lowest BCUT2D eigenvalue weighted by molar-refractivity contribution is 0.617. The number of benzene rings is 2. The van der Waals surface area contributed by atoms with Crippen LogP contribution in [0.5, 0.6) is 0 Å². The van der Waals surface area contributed by atoms with E-state index in [0.29, 0.717) is 26.2 Å². The Balaban J connectivity index is 2.46. The van der Waals surface area contributed by atoms with Gasteiger partial charge in [-0.25, -0.2) is 4.39 Å². The Labute approximate surface area is 126 Å². The van der Waals surface area contributed by atoms with E-state index in [1.165, 1.54) is 6.07 Å². The zero-order valence-corrected chi connectivity index (χ0v) is 12.3. The van der Waals surface area contributed by atoms with Crippen molar-refractivity contribution in [1.82, 2.24) is 0 Å². The van der Waals surface area contributed by atoms with Crippen LogP contribution < -0.4 is 5.73 Å². The van der Waals surface area contributed by atoms with E-state index < -0.39 is 6.04 Å². The van der Waals surface area contributed by atoms with E-state index >= 15 is 0 Å². The molecule has 0 aromatic heterocycles. The summed E-state index contributed by atoms with van der Waals surface area (Å²) in [7, 11) is 0. The SMILES string of the molecule is Cc1cc(C(N)c2ccc(Cl)c(Cl)c2)c(Cl)cc1F. The second kappa shape index (κ2) is 5.68. The molecule has 100 valence electrons. The second-order valence-electron chi connectivity index (χ2n) is 4.27. The molecule has 0 aliphatic rings. The Morgan fingerprint density at radius 2 is 1.68 bits per heavy atom. The molecule has 0 amide bonds. The molecule has 19 heavy (non-hydrogen) atoms. The van der Waals surface area contributed by atoms with Gasteiger partial charge in [-0.3, -0.25) is 0 Å². The lowest BCUT2D eigenvalue weighted by Gasteiger charge is -2.16. The standard InChI is InChI=1S/C14H11Cl3FN/c1-7-4-9(11(16)6-13(7)18)14(19)8-2-3-10(15)12(17)5-8/h2-6,14H,19H2,1H3. The molecule has 0 heterocycles. The van der Waals surface area contributed by atoms with Gasteiger partial charge in [0.2, 0.25) is 0 Å². The molecule has 1 atom stereocenters. The Hall–Kier alpha value is -0.800. The summed E-state index contributed by atoms with van der Waals surface area (Å²) in [6.07, 6.45) is 0. The van der Waals surface area contributed by atoms with Crippen molar-refractivity contribution in [1.29, 1.82) is 0 Å². The van der Waals surface area contributed by atoms with Crippen molar-refractivity contribution in [3.05, 3.63) is 67.9 Å². The van der Waals surface area contributed by atoms with Gasteiger partial charge in [0.1, 0.15) is 5.82 Å². The molecule has 2 aromatic carbocycles. The molecule has 0 radical (unpaired) electrons. The Morgan fingerprint density at radius 1 is 1.00 bits per heavy atom. The highest BCUT2D eigenvalue weighted by atomic mass is 35.5. The van der Waals surface area contributed by atoms with Crippen LogP contribution in [0.4, 0.5) is 4.39 Å². The van der Waals surface area contributed by atoms with Gasteiger partial charge in [0, 0.05) is 5.02 Å². The van der Waals surface area contributed by atoms with Gasteiger partial charge >= 0.3 is 0 Å². The van der Waals surface area contributed by atoms with Gasteiger partial charge in [0.05, 0.1) is 16.1 Å². The van der Waals surface area contributed by atoms with Crippen LogP contribution in [0.15, 0.2) is 30.3 Å². The minimum Gasteiger partial charge on any atom is -0.320 e. The summed E-state index contributed by atoms with van der Waals surface area (Å²) >= 11 is 17.9. The first kappa shape index (κ1) is 14.6. The summed E-state index contributed by atoms with van der Waals surface area (Å²) in [5, 5.41) is 1.17. The average Bonchev–Trinajstić information content (AvgIpc) is 2.36. The van der Waals surface area contributed by atoms with Crippen molar-refractivity contribution < 1.29 is 4.39 Å². The first-order chi connectivity index (χ1) is 8.90. The van der Waals surface area contributed by atoms with Crippen LogP contribution in [0.1, 0.15) is 22.7 Å². The third kappa shape index (κ3) is 3.03. The minimum atomic E-state index is -0.485. The lowest BCUT2D eigenvalue weighted by Crippen LogP contribution is -2.13. The molecule has 1 nitrogen and oxygen atoms in total. The summed E-state index contributed by atoms with van der Waals surface area (Å²) in [6.45, 7) is 1.66. The Kier molecular flexibility index (Phi) is 4.36. The highest BCUT2D eigenvalue weighted by Gasteiger charge is 2.15. The fourth-order valence-corrected chi connectivity index (χ4v) is 2.38. The molecule has 5 heteroatoms. The Bertz CT molecular complexity index is 628. The van der Waals surface area contributed by atoms with Gasteiger partial charge < -0.3 is 5.73 Å². The van der Waals surface area contributed by atoms with E-state index in [1.807, 2.05) is 0 Å². The number of hydrogen-bond donors (Lipinski definition) is 1. The molecule has 1 unspecified atom stereocenters. The van der Waals surface area contributed by atoms with Crippen LogP contribution in [0.3, 0.4) is 0 Å². The summed E-state index contributed by atoms with van der Waals surface area (Å²) in [6, 6.07) is 7.55. The molecule has 0 aliphatic carbocycles. The maximum absolute atomic E-state index is 13.4. The van der Waals surface area contributed by atoms with Gasteiger partial charge in [-0.2, -0.15) is 0 Å². The third-order valence-electron chi connectivity index (χ3n) is 2.92. The fraction of sp³-hybridized carbons (Fsp3) is 0.143. The largest absolute Gasteiger partial charge is 0.320 e. The number of nitrogens with two attached hydrogens (primary N) is 1. The Morgan fingerprint density at radius 3 is 2.32 bits per heavy atom. The highest BCUT2D eigenvalue weighted by molar-refractivity contribution is 6.42. The van der Waals surface area contributed by atoms with Crippen LogP contribution in [0.25, 0.3) is 0 Å². The quantitative estimate of drug-likeness (QED) is 0.815. The van der Waals surface area contributed by atoms with Crippen molar-refractivity contribution in [2.75, 3.05) is 0 Å². The van der Waals surface area contributed by atoms with Crippen LogP contribution in [0.2, 0.25) is 15.1 Å². The number of halogens is 4. The average molecular weight is 319 g/mol. The van der Waals surface area contributed by atoms with E-state index in [1.54, 1.807) is 31.2 Å². The molecule has 0 bridgehead atoms. The van der Waals surface area contributed by atoms with E-state index in [-0.39, 0.29) is 5.82 Å². The maximum Gasteiger partial charge on any atom is 0.127 e. The van der Waals surface area contributed by atoms with Gasteiger partial charge in [0.25, 0.3) is 0 Å². The molecule has 0 fully saturated rings. The second-order valence-corrected chi connectivity index (χ2v) is 5.50. The normalized spacial score (nSPS) is 12.5. The predicted molar refractivity (Wildman–Crippen MR) is 78.6 cm³/mol. The molecule has 0 spiro atoms. The zero-order valence-electron chi connectivity index (χ0n) is 10.1. The van der Waals surface area contributed by atoms with Crippen molar-refractivity contribution in [2.24, 2.45) is 5.73 Å². The predicted octanol–water partition coefficient (Wildman–Crippen LogP) is 5.14. The van der Waals surface area contributed by atoms with Gasteiger partial charge in [0.15, 0.2) is 0 Å². The van der Waals surface area contributed by atoms with E-state index in [4.69, 9.17) is 40.5 Å². The summed E-state index contributed by atoms with van der Waals surface area (Å²) in [4.78, 5) is 0. The van der Waals surface area contributed by atoms with Gasteiger partial charge in [-0.15, -0.1) is 0 Å². The van der Waals surface area contributed by atoms with Crippen molar-refractivity contribution >= 4 is 34.8 Å². The minimum absolute atomic E-state index is 0.293. The van der Waals surface area contributed by atoms with Crippen molar-refractivity contribution in [3.63, 3.8) is 0 Å². The summed E-state index contributed by atoms with van der Waals surface area (Å²) in [5.74, 6) is -0.352. The van der Waals surface area contributed by atoms with Crippen LogP contribution in [-0.2, 0) is 0 Å².